The first-order valence-electron chi connectivity index (χ1n) is 5.90. The molecule has 0 spiro atoms. The molecule has 0 radical (unpaired) electrons. The van der Waals surface area contributed by atoms with Crippen LogP contribution in [-0.2, 0) is 9.53 Å². The molecule has 0 bridgehead atoms. The molecule has 112 valence electrons. The number of nitro groups is 1. The van der Waals surface area contributed by atoms with Crippen molar-refractivity contribution in [2.75, 3.05) is 12.0 Å². The normalized spacial score (nSPS) is 10.9. The number of aromatic hydroxyl groups is 1. The molecule has 0 saturated carbocycles. The first-order chi connectivity index (χ1) is 9.86. The van der Waals surface area contributed by atoms with E-state index in [9.17, 15) is 20.0 Å². The Balaban J connectivity index is 2.98. The summed E-state index contributed by atoms with van der Waals surface area (Å²) in [5, 5.41) is 31.3. The second-order valence-corrected chi connectivity index (χ2v) is 3.88. The van der Waals surface area contributed by atoms with Gasteiger partial charge in [0.15, 0.2) is 5.71 Å². The van der Waals surface area contributed by atoms with Gasteiger partial charge in [-0.1, -0.05) is 0 Å². The fourth-order valence-electron chi connectivity index (χ4n) is 1.33. The summed E-state index contributed by atoms with van der Waals surface area (Å²) in [7, 11) is 0. The van der Waals surface area contributed by atoms with Crippen LogP contribution in [-0.4, -0.2) is 34.0 Å². The largest absolute Gasteiger partial charge is 0.505 e. The van der Waals surface area contributed by atoms with Crippen LogP contribution >= 0.6 is 0 Å². The number of carbonyl (C=O) groups excluding carboxylic acids is 1. The first-order valence-corrected chi connectivity index (χ1v) is 5.90. The van der Waals surface area contributed by atoms with E-state index in [0.717, 1.165) is 6.07 Å². The van der Waals surface area contributed by atoms with Crippen molar-refractivity contribution >= 4 is 28.8 Å². The molecule has 3 N–H and O–H groups in total. The van der Waals surface area contributed by atoms with E-state index in [0.29, 0.717) is 0 Å². The van der Waals surface area contributed by atoms with Crippen molar-refractivity contribution in [1.82, 2.24) is 0 Å². The molecule has 0 aliphatic carbocycles. The molecular weight excluding hydrogens is 280 g/mol. The van der Waals surface area contributed by atoms with Crippen LogP contribution in [0.3, 0.4) is 0 Å². The molecule has 9 heteroatoms. The van der Waals surface area contributed by atoms with Gasteiger partial charge in [0.1, 0.15) is 5.75 Å². The number of hydrogen-bond donors (Lipinski definition) is 3. The summed E-state index contributed by atoms with van der Waals surface area (Å²) in [5.41, 5.74) is 1.77. The first kappa shape index (κ1) is 16.1. The van der Waals surface area contributed by atoms with E-state index in [1.807, 2.05) is 0 Å². The number of anilines is 1. The minimum Gasteiger partial charge on any atom is -0.505 e. The number of nitrogens with one attached hydrogen (secondary N) is 2. The molecule has 1 aromatic carbocycles. The molecule has 0 unspecified atom stereocenters. The van der Waals surface area contributed by atoms with Gasteiger partial charge in [0.2, 0.25) is 0 Å². The number of ether oxygens (including phenoxy) is 1. The standard InChI is InChI=1S/C12H14N4O5/c1-3-21-12(18)11(7(2)13)15-14-9-5-4-8(16(19)20)6-10(9)17/h4-6,13-14,17H,3H2,1-2H3/b13-7?,15-11+. The van der Waals surface area contributed by atoms with E-state index in [-0.39, 0.29) is 29.4 Å². The highest BCUT2D eigenvalue weighted by Crippen LogP contribution is 2.27. The Morgan fingerprint density at radius 1 is 1.57 bits per heavy atom. The smallest absolute Gasteiger partial charge is 0.360 e. The Morgan fingerprint density at radius 2 is 2.24 bits per heavy atom. The maximum absolute atomic E-state index is 11.5. The second-order valence-electron chi connectivity index (χ2n) is 3.88. The number of non-ortho nitro benzene ring substituents is 1. The molecule has 0 aliphatic rings. The predicted molar refractivity (Wildman–Crippen MR) is 75.9 cm³/mol. The van der Waals surface area contributed by atoms with E-state index in [2.05, 4.69) is 10.5 Å². The van der Waals surface area contributed by atoms with Crippen LogP contribution < -0.4 is 5.43 Å². The van der Waals surface area contributed by atoms with Gasteiger partial charge in [0, 0.05) is 6.07 Å². The Morgan fingerprint density at radius 3 is 2.71 bits per heavy atom. The minimum absolute atomic E-state index is 0.0589. The Labute approximate surface area is 119 Å². The van der Waals surface area contributed by atoms with Crippen molar-refractivity contribution in [3.05, 3.63) is 28.3 Å². The highest BCUT2D eigenvalue weighted by atomic mass is 16.6. The number of phenols is 1. The minimum atomic E-state index is -0.779. The van der Waals surface area contributed by atoms with Crippen molar-refractivity contribution < 1.29 is 19.6 Å². The van der Waals surface area contributed by atoms with Gasteiger partial charge in [-0.15, -0.1) is 0 Å². The van der Waals surface area contributed by atoms with Gasteiger partial charge >= 0.3 is 5.97 Å². The molecule has 21 heavy (non-hydrogen) atoms. The zero-order chi connectivity index (χ0) is 16.0. The molecule has 0 saturated heterocycles. The van der Waals surface area contributed by atoms with Crippen molar-refractivity contribution in [2.45, 2.75) is 13.8 Å². The number of esters is 1. The lowest BCUT2D eigenvalue weighted by Crippen LogP contribution is -2.25. The predicted octanol–water partition coefficient (Wildman–Crippen LogP) is 1.67. The average molecular weight is 294 g/mol. The number of nitrogens with zero attached hydrogens (tertiary/aromatic N) is 2. The monoisotopic (exact) mass is 294 g/mol. The van der Waals surface area contributed by atoms with E-state index in [1.165, 1.54) is 19.1 Å². The fourth-order valence-corrected chi connectivity index (χ4v) is 1.33. The lowest BCUT2D eigenvalue weighted by molar-refractivity contribution is -0.384. The third kappa shape index (κ3) is 4.27. The molecule has 0 atom stereocenters. The molecule has 0 fully saturated rings. The van der Waals surface area contributed by atoms with Gasteiger partial charge in [-0.25, -0.2) is 4.79 Å². The summed E-state index contributed by atoms with van der Waals surface area (Å²) in [6, 6.07) is 3.34. The zero-order valence-corrected chi connectivity index (χ0v) is 11.4. The van der Waals surface area contributed by atoms with Gasteiger partial charge in [0.25, 0.3) is 5.69 Å². The maximum Gasteiger partial charge on any atom is 0.360 e. The number of carbonyl (C=O) groups is 1. The van der Waals surface area contributed by atoms with Crippen molar-refractivity contribution in [3.63, 3.8) is 0 Å². The number of phenolic OH excluding ortho intramolecular Hbond substituents is 1. The number of rotatable bonds is 6. The van der Waals surface area contributed by atoms with Crippen molar-refractivity contribution in [1.29, 1.82) is 5.41 Å². The molecule has 0 heterocycles. The molecule has 0 aliphatic heterocycles. The lowest BCUT2D eigenvalue weighted by Gasteiger charge is -2.07. The van der Waals surface area contributed by atoms with E-state index >= 15 is 0 Å². The average Bonchev–Trinajstić information content (AvgIpc) is 2.40. The zero-order valence-electron chi connectivity index (χ0n) is 11.4. The Kier molecular flexibility index (Phi) is 5.35. The summed E-state index contributed by atoms with van der Waals surface area (Å²) < 4.78 is 4.73. The highest BCUT2D eigenvalue weighted by Gasteiger charge is 2.16. The van der Waals surface area contributed by atoms with Crippen LogP contribution in [0.1, 0.15) is 13.8 Å². The van der Waals surface area contributed by atoms with Crippen molar-refractivity contribution in [2.24, 2.45) is 5.10 Å². The summed E-state index contributed by atoms with van der Waals surface area (Å²) >= 11 is 0. The van der Waals surface area contributed by atoms with Crippen LogP contribution in [0.5, 0.6) is 5.75 Å². The van der Waals surface area contributed by atoms with Crippen LogP contribution in [0.25, 0.3) is 0 Å². The quantitative estimate of drug-likeness (QED) is 0.240. The topological polar surface area (TPSA) is 138 Å². The highest BCUT2D eigenvalue weighted by molar-refractivity contribution is 6.64. The third-order valence-electron chi connectivity index (χ3n) is 2.30. The SMILES string of the molecule is CCOC(=O)/C(=N/Nc1ccc([N+](=O)[O-])cc1O)C(C)=N. The lowest BCUT2D eigenvalue weighted by atomic mass is 10.2. The van der Waals surface area contributed by atoms with E-state index in [1.54, 1.807) is 6.92 Å². The van der Waals surface area contributed by atoms with Crippen molar-refractivity contribution in [3.8, 4) is 5.75 Å². The number of hydrazone groups is 1. The summed E-state index contributed by atoms with van der Waals surface area (Å²) in [6.45, 7) is 3.10. The van der Waals surface area contributed by atoms with Crippen LogP contribution in [0, 0.1) is 15.5 Å². The van der Waals surface area contributed by atoms with E-state index < -0.39 is 16.6 Å². The Hall–Kier alpha value is -2.97. The van der Waals surface area contributed by atoms with E-state index in [4.69, 9.17) is 10.1 Å². The van der Waals surface area contributed by atoms with Crippen LogP contribution in [0.4, 0.5) is 11.4 Å². The number of benzene rings is 1. The second kappa shape index (κ2) is 6.98. The molecule has 1 aromatic rings. The third-order valence-corrected chi connectivity index (χ3v) is 2.30. The van der Waals surface area contributed by atoms with Crippen LogP contribution in [0.15, 0.2) is 23.3 Å². The summed E-state index contributed by atoms with van der Waals surface area (Å²) in [6.07, 6.45) is 0. The molecule has 0 aromatic heterocycles. The van der Waals surface area contributed by atoms with Crippen LogP contribution in [0.2, 0.25) is 0 Å². The number of nitro benzene ring substituents is 1. The summed E-state index contributed by atoms with van der Waals surface area (Å²) in [5.74, 6) is -1.18. The fraction of sp³-hybridized carbons (Fsp3) is 0.250. The Bertz CT molecular complexity index is 612. The number of hydrogen-bond acceptors (Lipinski definition) is 8. The van der Waals surface area contributed by atoms with Gasteiger partial charge in [0.05, 0.1) is 29.0 Å². The van der Waals surface area contributed by atoms with Gasteiger partial charge in [-0.2, -0.15) is 5.10 Å². The molecule has 0 amide bonds. The summed E-state index contributed by atoms with van der Waals surface area (Å²) in [4.78, 5) is 21.4. The maximum atomic E-state index is 11.5. The van der Waals surface area contributed by atoms with Gasteiger partial charge < -0.3 is 15.3 Å². The molecular formula is C12H14N4O5. The molecule has 9 nitrogen and oxygen atoms in total. The molecule has 1 rings (SSSR count). The van der Waals surface area contributed by atoms with Gasteiger partial charge in [-0.3, -0.25) is 15.5 Å². The van der Waals surface area contributed by atoms with Gasteiger partial charge in [-0.05, 0) is 19.9 Å².